The number of benzene rings is 1. The second-order valence-electron chi connectivity index (χ2n) is 4.78. The second-order valence-corrected chi connectivity index (χ2v) is 5.22. The molecule has 1 aromatic carbocycles. The summed E-state index contributed by atoms with van der Waals surface area (Å²) in [6.07, 6.45) is 1.22. The fourth-order valence-electron chi connectivity index (χ4n) is 2.30. The topological polar surface area (TPSA) is 38.5 Å². The highest BCUT2D eigenvalue weighted by atomic mass is 32.1. The van der Waals surface area contributed by atoms with Crippen molar-refractivity contribution in [1.82, 2.24) is 4.90 Å². The lowest BCUT2D eigenvalue weighted by Crippen LogP contribution is -2.41. The Hall–Kier alpha value is -1.04. The number of nitrogens with zero attached hydrogens (tertiary/aromatic N) is 1. The molecule has 3 nitrogen and oxygen atoms in total. The summed E-state index contributed by atoms with van der Waals surface area (Å²) in [5.41, 5.74) is 6.49. The molecule has 1 aromatic rings. The molecule has 1 heterocycles. The first kappa shape index (κ1) is 14.4. The molecule has 0 bridgehead atoms. The zero-order valence-corrected chi connectivity index (χ0v) is 11.9. The van der Waals surface area contributed by atoms with Crippen molar-refractivity contribution in [2.45, 2.75) is 26.0 Å². The SMILES string of the molecule is CCC1CN(Cc2cccc(C(N)=S)c2F)CCO1. The van der Waals surface area contributed by atoms with E-state index in [1.165, 1.54) is 0 Å². The van der Waals surface area contributed by atoms with E-state index >= 15 is 0 Å². The lowest BCUT2D eigenvalue weighted by Gasteiger charge is -2.32. The number of morpholine rings is 1. The van der Waals surface area contributed by atoms with E-state index in [9.17, 15) is 4.39 Å². The highest BCUT2D eigenvalue weighted by Gasteiger charge is 2.20. The lowest BCUT2D eigenvalue weighted by atomic mass is 10.1. The maximum atomic E-state index is 14.2. The summed E-state index contributed by atoms with van der Waals surface area (Å²) in [4.78, 5) is 2.31. The second kappa shape index (κ2) is 6.41. The molecule has 1 aliphatic rings. The summed E-state index contributed by atoms with van der Waals surface area (Å²) in [5, 5.41) is 0. The molecule has 0 aromatic heterocycles. The molecule has 0 amide bonds. The van der Waals surface area contributed by atoms with E-state index in [-0.39, 0.29) is 16.9 Å². The Morgan fingerprint density at radius 1 is 1.58 bits per heavy atom. The van der Waals surface area contributed by atoms with Crippen molar-refractivity contribution >= 4 is 17.2 Å². The maximum absolute atomic E-state index is 14.2. The van der Waals surface area contributed by atoms with Crippen LogP contribution in [-0.2, 0) is 11.3 Å². The molecule has 1 fully saturated rings. The third kappa shape index (κ3) is 3.49. The predicted molar refractivity (Wildman–Crippen MR) is 77.6 cm³/mol. The highest BCUT2D eigenvalue weighted by molar-refractivity contribution is 7.80. The molecule has 0 aliphatic carbocycles. The summed E-state index contributed by atoms with van der Waals surface area (Å²) in [7, 11) is 0. The average Bonchev–Trinajstić information content (AvgIpc) is 2.41. The van der Waals surface area contributed by atoms with E-state index in [1.807, 2.05) is 0 Å². The van der Waals surface area contributed by atoms with E-state index in [1.54, 1.807) is 18.2 Å². The summed E-state index contributed by atoms with van der Waals surface area (Å²) >= 11 is 4.86. The summed E-state index contributed by atoms with van der Waals surface area (Å²) in [6.45, 7) is 5.04. The summed E-state index contributed by atoms with van der Waals surface area (Å²) < 4.78 is 19.8. The van der Waals surface area contributed by atoms with Gasteiger partial charge in [-0.25, -0.2) is 4.39 Å². The van der Waals surface area contributed by atoms with E-state index in [4.69, 9.17) is 22.7 Å². The predicted octanol–water partition coefficient (Wildman–Crippen LogP) is 2.07. The van der Waals surface area contributed by atoms with Crippen LogP contribution < -0.4 is 5.73 Å². The molecule has 19 heavy (non-hydrogen) atoms. The van der Waals surface area contributed by atoms with Gasteiger partial charge in [0.2, 0.25) is 0 Å². The van der Waals surface area contributed by atoms with Crippen LogP contribution in [0.15, 0.2) is 18.2 Å². The lowest BCUT2D eigenvalue weighted by molar-refractivity contribution is -0.0327. The Balaban J connectivity index is 2.10. The van der Waals surface area contributed by atoms with E-state index < -0.39 is 0 Å². The minimum Gasteiger partial charge on any atom is -0.389 e. The zero-order chi connectivity index (χ0) is 13.8. The van der Waals surface area contributed by atoms with Gasteiger partial charge in [-0.1, -0.05) is 31.3 Å². The monoisotopic (exact) mass is 282 g/mol. The van der Waals surface area contributed by atoms with E-state index in [0.717, 1.165) is 19.5 Å². The Kier molecular flexibility index (Phi) is 4.85. The summed E-state index contributed by atoms with van der Waals surface area (Å²) in [5.74, 6) is -0.297. The minimum atomic E-state index is -0.297. The molecule has 1 atom stereocenters. The van der Waals surface area contributed by atoms with Gasteiger partial charge in [-0.2, -0.15) is 0 Å². The van der Waals surface area contributed by atoms with Gasteiger partial charge in [0.1, 0.15) is 10.8 Å². The van der Waals surface area contributed by atoms with Crippen molar-refractivity contribution in [3.63, 3.8) is 0 Å². The number of hydrogen-bond acceptors (Lipinski definition) is 3. The van der Waals surface area contributed by atoms with Gasteiger partial charge in [0.05, 0.1) is 12.7 Å². The molecule has 104 valence electrons. The smallest absolute Gasteiger partial charge is 0.137 e. The Morgan fingerprint density at radius 2 is 2.37 bits per heavy atom. The molecule has 1 unspecified atom stereocenters. The number of hydrogen-bond donors (Lipinski definition) is 1. The van der Waals surface area contributed by atoms with Gasteiger partial charge in [0.15, 0.2) is 0 Å². The molecule has 0 saturated carbocycles. The highest BCUT2D eigenvalue weighted by Crippen LogP contribution is 2.17. The molecule has 0 spiro atoms. The fraction of sp³-hybridized carbons (Fsp3) is 0.500. The normalized spacial score (nSPS) is 20.4. The first-order valence-electron chi connectivity index (χ1n) is 6.53. The van der Waals surface area contributed by atoms with Crippen LogP contribution in [0.2, 0.25) is 0 Å². The van der Waals surface area contributed by atoms with Crippen molar-refractivity contribution < 1.29 is 9.13 Å². The van der Waals surface area contributed by atoms with Crippen molar-refractivity contribution in [2.75, 3.05) is 19.7 Å². The van der Waals surface area contributed by atoms with Crippen LogP contribution >= 0.6 is 12.2 Å². The molecular formula is C14H19FN2OS. The first-order valence-corrected chi connectivity index (χ1v) is 6.93. The van der Waals surface area contributed by atoms with Gasteiger partial charge in [-0.3, -0.25) is 4.90 Å². The molecule has 0 radical (unpaired) electrons. The number of thiocarbonyl (C=S) groups is 1. The van der Waals surface area contributed by atoms with Crippen molar-refractivity contribution in [3.8, 4) is 0 Å². The van der Waals surface area contributed by atoms with E-state index in [0.29, 0.717) is 24.3 Å². The molecular weight excluding hydrogens is 263 g/mol. The van der Waals surface area contributed by atoms with Crippen LogP contribution in [0.5, 0.6) is 0 Å². The largest absolute Gasteiger partial charge is 0.389 e. The van der Waals surface area contributed by atoms with Crippen LogP contribution in [-0.4, -0.2) is 35.7 Å². The summed E-state index contributed by atoms with van der Waals surface area (Å²) in [6, 6.07) is 5.20. The van der Waals surface area contributed by atoms with Gasteiger partial charge in [0.25, 0.3) is 0 Å². The third-order valence-electron chi connectivity index (χ3n) is 3.42. The molecule has 2 rings (SSSR count). The van der Waals surface area contributed by atoms with Gasteiger partial charge in [0, 0.05) is 30.8 Å². The van der Waals surface area contributed by atoms with Gasteiger partial charge < -0.3 is 10.5 Å². The molecule has 1 saturated heterocycles. The Morgan fingerprint density at radius 3 is 3.05 bits per heavy atom. The van der Waals surface area contributed by atoms with Crippen LogP contribution in [0.3, 0.4) is 0 Å². The van der Waals surface area contributed by atoms with Crippen molar-refractivity contribution in [1.29, 1.82) is 0 Å². The molecule has 1 aliphatic heterocycles. The Bertz CT molecular complexity index is 467. The van der Waals surface area contributed by atoms with Crippen molar-refractivity contribution in [2.24, 2.45) is 5.73 Å². The van der Waals surface area contributed by atoms with Crippen LogP contribution in [0, 0.1) is 5.82 Å². The Labute approximate surface area is 118 Å². The fourth-order valence-corrected chi connectivity index (χ4v) is 2.46. The number of halogens is 1. The van der Waals surface area contributed by atoms with Gasteiger partial charge >= 0.3 is 0 Å². The molecule has 5 heteroatoms. The van der Waals surface area contributed by atoms with Crippen LogP contribution in [0.25, 0.3) is 0 Å². The first-order chi connectivity index (χ1) is 9.11. The molecule has 2 N–H and O–H groups in total. The van der Waals surface area contributed by atoms with E-state index in [2.05, 4.69) is 11.8 Å². The van der Waals surface area contributed by atoms with Crippen LogP contribution in [0.4, 0.5) is 4.39 Å². The van der Waals surface area contributed by atoms with Crippen LogP contribution in [0.1, 0.15) is 24.5 Å². The quantitative estimate of drug-likeness (QED) is 0.858. The average molecular weight is 282 g/mol. The maximum Gasteiger partial charge on any atom is 0.137 e. The van der Waals surface area contributed by atoms with Gasteiger partial charge in [-0.05, 0) is 12.5 Å². The number of ether oxygens (including phenoxy) is 1. The van der Waals surface area contributed by atoms with Crippen molar-refractivity contribution in [3.05, 3.63) is 35.1 Å². The minimum absolute atomic E-state index is 0.104. The number of nitrogens with two attached hydrogens (primary N) is 1. The zero-order valence-electron chi connectivity index (χ0n) is 11.1. The van der Waals surface area contributed by atoms with Gasteiger partial charge in [-0.15, -0.1) is 0 Å². The standard InChI is InChI=1S/C14H19FN2OS/c1-2-11-9-17(6-7-18-11)8-10-4-3-5-12(13(10)15)14(16)19/h3-5,11H,2,6-9H2,1H3,(H2,16,19). The third-order valence-corrected chi connectivity index (χ3v) is 3.64. The number of rotatable bonds is 4.